The number of hydrogen-bond donors (Lipinski definition) is 2. The molecule has 1 aliphatic carbocycles. The Morgan fingerprint density at radius 3 is 2.68 bits per heavy atom. The van der Waals surface area contributed by atoms with Crippen LogP contribution in [-0.2, 0) is 4.74 Å². The highest BCUT2D eigenvalue weighted by Gasteiger charge is 2.33. The SMILES string of the molecule is CCOCCC1(CNC(=NC)NC2CCN(c3cccs3)CC2)CCCC1.I. The van der Waals surface area contributed by atoms with Crippen molar-refractivity contribution in [2.24, 2.45) is 10.4 Å². The van der Waals surface area contributed by atoms with Gasteiger partial charge in [-0.2, -0.15) is 0 Å². The van der Waals surface area contributed by atoms with Gasteiger partial charge in [0.25, 0.3) is 0 Å². The molecule has 2 heterocycles. The minimum absolute atomic E-state index is 0. The van der Waals surface area contributed by atoms with E-state index in [2.05, 4.69) is 45.0 Å². The van der Waals surface area contributed by atoms with Gasteiger partial charge in [-0.05, 0) is 62.0 Å². The van der Waals surface area contributed by atoms with Crippen LogP contribution in [0.1, 0.15) is 51.9 Å². The third-order valence-corrected chi connectivity index (χ3v) is 7.08. The highest BCUT2D eigenvalue weighted by atomic mass is 127. The van der Waals surface area contributed by atoms with Crippen molar-refractivity contribution in [3.05, 3.63) is 17.5 Å². The molecular formula is C21H37IN4OS. The fraction of sp³-hybridized carbons (Fsp3) is 0.762. The molecule has 0 atom stereocenters. The highest BCUT2D eigenvalue weighted by Crippen LogP contribution is 2.40. The van der Waals surface area contributed by atoms with Gasteiger partial charge in [-0.1, -0.05) is 12.8 Å². The van der Waals surface area contributed by atoms with E-state index in [1.54, 1.807) is 0 Å². The van der Waals surface area contributed by atoms with E-state index in [0.717, 1.165) is 58.1 Å². The average molecular weight is 521 g/mol. The van der Waals surface area contributed by atoms with Gasteiger partial charge in [0.15, 0.2) is 5.96 Å². The second kappa shape index (κ2) is 12.2. The molecule has 5 nitrogen and oxygen atoms in total. The van der Waals surface area contributed by atoms with E-state index in [9.17, 15) is 0 Å². The Labute approximate surface area is 191 Å². The first-order valence-electron chi connectivity index (χ1n) is 10.6. The Morgan fingerprint density at radius 2 is 2.07 bits per heavy atom. The number of nitrogens with one attached hydrogen (secondary N) is 2. The second-order valence-corrected chi connectivity index (χ2v) is 8.86. The molecule has 2 fully saturated rings. The molecule has 160 valence electrons. The zero-order valence-electron chi connectivity index (χ0n) is 17.4. The van der Waals surface area contributed by atoms with E-state index >= 15 is 0 Å². The van der Waals surface area contributed by atoms with Crippen LogP contribution in [0.4, 0.5) is 5.00 Å². The van der Waals surface area contributed by atoms with Gasteiger partial charge >= 0.3 is 0 Å². The van der Waals surface area contributed by atoms with Crippen molar-refractivity contribution < 1.29 is 4.74 Å². The molecule has 7 heteroatoms. The normalized spacial score (nSPS) is 20.1. The molecule has 0 bridgehead atoms. The summed E-state index contributed by atoms with van der Waals surface area (Å²) >= 11 is 1.84. The van der Waals surface area contributed by atoms with Gasteiger partial charge in [-0.25, -0.2) is 0 Å². The lowest BCUT2D eigenvalue weighted by Gasteiger charge is -2.34. The van der Waals surface area contributed by atoms with Gasteiger partial charge in [0.1, 0.15) is 0 Å². The molecular weight excluding hydrogens is 483 g/mol. The molecule has 0 spiro atoms. The molecule has 1 aromatic heterocycles. The maximum Gasteiger partial charge on any atom is 0.191 e. The number of nitrogens with zero attached hydrogens (tertiary/aromatic N) is 2. The average Bonchev–Trinajstić information content (AvgIpc) is 3.39. The highest BCUT2D eigenvalue weighted by molar-refractivity contribution is 14.0. The number of aliphatic imine (C=N–C) groups is 1. The summed E-state index contributed by atoms with van der Waals surface area (Å²) in [6, 6.07) is 4.87. The molecule has 2 N–H and O–H groups in total. The topological polar surface area (TPSA) is 48.9 Å². The van der Waals surface area contributed by atoms with E-state index < -0.39 is 0 Å². The minimum atomic E-state index is 0. The van der Waals surface area contributed by atoms with Gasteiger partial charge in [0.05, 0.1) is 5.00 Å². The first kappa shape index (κ1) is 23.7. The Bertz CT molecular complexity index is 567. The second-order valence-electron chi connectivity index (χ2n) is 7.94. The minimum Gasteiger partial charge on any atom is -0.382 e. The lowest BCUT2D eigenvalue weighted by molar-refractivity contribution is 0.105. The molecule has 1 aromatic rings. The molecule has 0 aromatic carbocycles. The molecule has 3 rings (SSSR count). The number of piperidine rings is 1. The standard InChI is InChI=1S/C21H36N4OS.HI/c1-3-26-15-12-21(10-4-5-11-21)17-23-20(22-2)24-18-8-13-25(14-9-18)19-7-6-16-27-19;/h6-7,16,18H,3-5,8-15,17H2,1-2H3,(H2,22,23,24);1H. The van der Waals surface area contributed by atoms with Gasteiger partial charge in [0, 0.05) is 45.9 Å². The number of rotatable bonds is 8. The summed E-state index contributed by atoms with van der Waals surface area (Å²) in [5.74, 6) is 0.965. The van der Waals surface area contributed by atoms with Gasteiger partial charge < -0.3 is 20.3 Å². The van der Waals surface area contributed by atoms with E-state index in [0.29, 0.717) is 11.5 Å². The van der Waals surface area contributed by atoms with Crippen molar-refractivity contribution >= 4 is 46.3 Å². The summed E-state index contributed by atoms with van der Waals surface area (Å²) in [7, 11) is 1.89. The Morgan fingerprint density at radius 1 is 1.32 bits per heavy atom. The number of halogens is 1. The molecule has 0 unspecified atom stereocenters. The van der Waals surface area contributed by atoms with Gasteiger partial charge in [-0.3, -0.25) is 4.99 Å². The first-order valence-corrected chi connectivity index (χ1v) is 11.5. The van der Waals surface area contributed by atoms with Gasteiger partial charge in [0.2, 0.25) is 0 Å². The molecule has 1 saturated heterocycles. The largest absolute Gasteiger partial charge is 0.382 e. The van der Waals surface area contributed by atoms with E-state index in [1.165, 1.54) is 30.7 Å². The summed E-state index contributed by atoms with van der Waals surface area (Å²) in [6.45, 7) is 7.02. The maximum atomic E-state index is 5.64. The predicted octanol–water partition coefficient (Wildman–Crippen LogP) is 4.49. The van der Waals surface area contributed by atoms with Crippen molar-refractivity contribution in [2.45, 2.75) is 57.9 Å². The van der Waals surface area contributed by atoms with Crippen LogP contribution < -0.4 is 15.5 Å². The Balaban J connectivity index is 0.00000280. The molecule has 0 radical (unpaired) electrons. The van der Waals surface area contributed by atoms with Crippen molar-refractivity contribution in [1.82, 2.24) is 10.6 Å². The Hall–Kier alpha value is -0.540. The van der Waals surface area contributed by atoms with Crippen LogP contribution in [0.5, 0.6) is 0 Å². The van der Waals surface area contributed by atoms with Crippen LogP contribution in [-0.4, -0.2) is 51.9 Å². The summed E-state index contributed by atoms with van der Waals surface area (Å²) in [4.78, 5) is 6.99. The van der Waals surface area contributed by atoms with Crippen LogP contribution in [0.25, 0.3) is 0 Å². The quantitative estimate of drug-likeness (QED) is 0.230. The number of anilines is 1. The maximum absolute atomic E-state index is 5.64. The summed E-state index contributed by atoms with van der Waals surface area (Å²) in [6.07, 6.45) is 8.79. The van der Waals surface area contributed by atoms with E-state index in [4.69, 9.17) is 4.74 Å². The summed E-state index contributed by atoms with van der Waals surface area (Å²) in [5.41, 5.74) is 0.384. The van der Waals surface area contributed by atoms with Crippen molar-refractivity contribution in [3.8, 4) is 0 Å². The predicted molar refractivity (Wildman–Crippen MR) is 131 cm³/mol. The van der Waals surface area contributed by atoms with Crippen molar-refractivity contribution in [2.75, 3.05) is 44.8 Å². The van der Waals surface area contributed by atoms with Crippen LogP contribution in [0.3, 0.4) is 0 Å². The number of hydrogen-bond acceptors (Lipinski definition) is 4. The number of thiophene rings is 1. The summed E-state index contributed by atoms with van der Waals surface area (Å²) < 4.78 is 5.64. The zero-order valence-corrected chi connectivity index (χ0v) is 20.6. The van der Waals surface area contributed by atoms with Crippen LogP contribution in [0.15, 0.2) is 22.5 Å². The number of ether oxygens (including phenoxy) is 1. The van der Waals surface area contributed by atoms with Crippen LogP contribution >= 0.6 is 35.3 Å². The smallest absolute Gasteiger partial charge is 0.191 e. The lowest BCUT2D eigenvalue weighted by Crippen LogP contribution is -2.50. The molecule has 1 aliphatic heterocycles. The molecule has 0 amide bonds. The van der Waals surface area contributed by atoms with Gasteiger partial charge in [-0.15, -0.1) is 35.3 Å². The van der Waals surface area contributed by atoms with Crippen molar-refractivity contribution in [3.63, 3.8) is 0 Å². The molecule has 2 aliphatic rings. The molecule has 28 heavy (non-hydrogen) atoms. The monoisotopic (exact) mass is 520 g/mol. The van der Waals surface area contributed by atoms with E-state index in [1.807, 2.05) is 18.4 Å². The van der Waals surface area contributed by atoms with Crippen molar-refractivity contribution in [1.29, 1.82) is 0 Å². The molecule has 1 saturated carbocycles. The Kier molecular flexibility index (Phi) is 10.4. The lowest BCUT2D eigenvalue weighted by atomic mass is 9.83. The van der Waals surface area contributed by atoms with E-state index in [-0.39, 0.29) is 24.0 Å². The van der Waals surface area contributed by atoms with Crippen LogP contribution in [0, 0.1) is 5.41 Å². The number of guanidine groups is 1. The fourth-order valence-corrected chi connectivity index (χ4v) is 5.21. The first-order chi connectivity index (χ1) is 13.2. The summed E-state index contributed by atoms with van der Waals surface area (Å²) in [5, 5.41) is 10.9. The van der Waals surface area contributed by atoms with Crippen LogP contribution in [0.2, 0.25) is 0 Å². The third-order valence-electron chi connectivity index (χ3n) is 6.15. The third kappa shape index (κ3) is 6.76. The zero-order chi connectivity index (χ0) is 19.0. The fourth-order valence-electron chi connectivity index (χ4n) is 4.43.